The van der Waals surface area contributed by atoms with Gasteiger partial charge in [-0.1, -0.05) is 0 Å². The Bertz CT molecular complexity index is 586. The number of hydrogen-bond acceptors (Lipinski definition) is 3. The molecular formula is C15H21N3O3. The monoisotopic (exact) mass is 291 g/mol. The van der Waals surface area contributed by atoms with Crippen molar-refractivity contribution >= 4 is 11.8 Å². The summed E-state index contributed by atoms with van der Waals surface area (Å²) in [5, 5.41) is 5.60. The van der Waals surface area contributed by atoms with E-state index >= 15 is 0 Å². The zero-order valence-electron chi connectivity index (χ0n) is 12.4. The SMILES string of the molecule is CNC(=O)C1CCC(NC(=O)c2ccn(C)c(=O)c2)CC1. The summed E-state index contributed by atoms with van der Waals surface area (Å²) in [6.45, 7) is 0. The Kier molecular flexibility index (Phi) is 4.77. The first-order valence-corrected chi connectivity index (χ1v) is 7.20. The third kappa shape index (κ3) is 3.71. The molecule has 2 N–H and O–H groups in total. The Labute approximate surface area is 123 Å². The van der Waals surface area contributed by atoms with E-state index in [1.807, 2.05) is 0 Å². The second-order valence-corrected chi connectivity index (χ2v) is 5.50. The van der Waals surface area contributed by atoms with Crippen LogP contribution in [0.3, 0.4) is 0 Å². The predicted molar refractivity (Wildman–Crippen MR) is 79.0 cm³/mol. The minimum absolute atomic E-state index is 0.0483. The van der Waals surface area contributed by atoms with Gasteiger partial charge >= 0.3 is 0 Å². The summed E-state index contributed by atoms with van der Waals surface area (Å²) in [6.07, 6.45) is 4.71. The summed E-state index contributed by atoms with van der Waals surface area (Å²) >= 11 is 0. The van der Waals surface area contributed by atoms with E-state index in [0.29, 0.717) is 5.56 Å². The fraction of sp³-hybridized carbons (Fsp3) is 0.533. The third-order valence-corrected chi connectivity index (χ3v) is 4.05. The fourth-order valence-electron chi connectivity index (χ4n) is 2.66. The molecule has 1 aliphatic rings. The van der Waals surface area contributed by atoms with Crippen LogP contribution in [0.5, 0.6) is 0 Å². The normalized spacial score (nSPS) is 21.6. The molecule has 1 heterocycles. The van der Waals surface area contributed by atoms with Gasteiger partial charge in [-0.2, -0.15) is 0 Å². The molecule has 0 unspecified atom stereocenters. The largest absolute Gasteiger partial charge is 0.359 e. The summed E-state index contributed by atoms with van der Waals surface area (Å²) < 4.78 is 1.42. The highest BCUT2D eigenvalue weighted by atomic mass is 16.2. The minimum Gasteiger partial charge on any atom is -0.359 e. The third-order valence-electron chi connectivity index (χ3n) is 4.05. The van der Waals surface area contributed by atoms with Crippen molar-refractivity contribution in [3.8, 4) is 0 Å². The first-order valence-electron chi connectivity index (χ1n) is 7.20. The molecule has 2 rings (SSSR count). The van der Waals surface area contributed by atoms with Crippen molar-refractivity contribution < 1.29 is 9.59 Å². The number of nitrogens with one attached hydrogen (secondary N) is 2. The Morgan fingerprint density at radius 1 is 1.24 bits per heavy atom. The van der Waals surface area contributed by atoms with Crippen LogP contribution < -0.4 is 16.2 Å². The molecule has 114 valence electrons. The van der Waals surface area contributed by atoms with Gasteiger partial charge in [-0.3, -0.25) is 14.4 Å². The first kappa shape index (κ1) is 15.3. The number of hydrogen-bond donors (Lipinski definition) is 2. The van der Waals surface area contributed by atoms with Crippen LogP contribution in [0.2, 0.25) is 0 Å². The van der Waals surface area contributed by atoms with E-state index in [0.717, 1.165) is 25.7 Å². The molecule has 1 aliphatic carbocycles. The molecule has 0 saturated heterocycles. The highest BCUT2D eigenvalue weighted by Crippen LogP contribution is 2.24. The molecular weight excluding hydrogens is 270 g/mol. The van der Waals surface area contributed by atoms with Crippen molar-refractivity contribution in [2.24, 2.45) is 13.0 Å². The van der Waals surface area contributed by atoms with Crippen LogP contribution >= 0.6 is 0 Å². The van der Waals surface area contributed by atoms with E-state index < -0.39 is 0 Å². The molecule has 0 aromatic carbocycles. The van der Waals surface area contributed by atoms with E-state index in [2.05, 4.69) is 10.6 Å². The summed E-state index contributed by atoms with van der Waals surface area (Å²) in [5.74, 6) is -0.102. The molecule has 0 spiro atoms. The van der Waals surface area contributed by atoms with Gasteiger partial charge in [-0.25, -0.2) is 0 Å². The lowest BCUT2D eigenvalue weighted by molar-refractivity contribution is -0.125. The van der Waals surface area contributed by atoms with E-state index in [4.69, 9.17) is 0 Å². The standard InChI is InChI=1S/C15H21N3O3/c1-16-14(20)10-3-5-12(6-4-10)17-15(21)11-7-8-18(2)13(19)9-11/h7-10,12H,3-6H2,1-2H3,(H,16,20)(H,17,21). The van der Waals surface area contributed by atoms with Gasteiger partial charge in [0.1, 0.15) is 0 Å². The van der Waals surface area contributed by atoms with Gasteiger partial charge in [-0.15, -0.1) is 0 Å². The van der Waals surface area contributed by atoms with Crippen molar-refractivity contribution in [3.63, 3.8) is 0 Å². The Balaban J connectivity index is 1.91. The van der Waals surface area contributed by atoms with Crippen molar-refractivity contribution in [1.82, 2.24) is 15.2 Å². The van der Waals surface area contributed by atoms with E-state index in [1.165, 1.54) is 10.6 Å². The molecule has 1 saturated carbocycles. The molecule has 2 amide bonds. The molecule has 6 nitrogen and oxygen atoms in total. The first-order chi connectivity index (χ1) is 10.0. The number of aromatic nitrogens is 1. The second-order valence-electron chi connectivity index (χ2n) is 5.50. The molecule has 0 aliphatic heterocycles. The predicted octanol–water partition coefficient (Wildman–Crippen LogP) is 0.420. The van der Waals surface area contributed by atoms with Crippen LogP contribution in [0.25, 0.3) is 0 Å². The minimum atomic E-state index is -0.226. The lowest BCUT2D eigenvalue weighted by Gasteiger charge is -2.28. The van der Waals surface area contributed by atoms with Crippen LogP contribution in [-0.2, 0) is 11.8 Å². The Hall–Kier alpha value is -2.11. The number of pyridine rings is 1. The fourth-order valence-corrected chi connectivity index (χ4v) is 2.66. The summed E-state index contributed by atoms with van der Waals surface area (Å²) in [6, 6.07) is 3.04. The molecule has 6 heteroatoms. The van der Waals surface area contributed by atoms with Crippen LogP contribution in [0.15, 0.2) is 23.1 Å². The number of carbonyl (C=O) groups excluding carboxylic acids is 2. The van der Waals surface area contributed by atoms with Gasteiger partial charge < -0.3 is 15.2 Å². The van der Waals surface area contributed by atoms with E-state index in [1.54, 1.807) is 26.4 Å². The Morgan fingerprint density at radius 3 is 2.48 bits per heavy atom. The van der Waals surface area contributed by atoms with Gasteiger partial charge in [0.25, 0.3) is 11.5 Å². The van der Waals surface area contributed by atoms with Crippen molar-refractivity contribution in [3.05, 3.63) is 34.2 Å². The average Bonchev–Trinajstić information content (AvgIpc) is 2.50. The molecule has 0 atom stereocenters. The van der Waals surface area contributed by atoms with Gasteiger partial charge in [0.05, 0.1) is 0 Å². The van der Waals surface area contributed by atoms with Crippen molar-refractivity contribution in [2.45, 2.75) is 31.7 Å². The molecule has 1 fully saturated rings. The average molecular weight is 291 g/mol. The number of aryl methyl sites for hydroxylation is 1. The molecule has 1 aromatic heterocycles. The molecule has 0 bridgehead atoms. The number of carbonyl (C=O) groups is 2. The summed E-state index contributed by atoms with van der Waals surface area (Å²) in [4.78, 5) is 35.2. The maximum absolute atomic E-state index is 12.1. The van der Waals surface area contributed by atoms with E-state index in [-0.39, 0.29) is 29.3 Å². The van der Waals surface area contributed by atoms with Crippen LogP contribution in [-0.4, -0.2) is 29.5 Å². The smallest absolute Gasteiger partial charge is 0.251 e. The topological polar surface area (TPSA) is 80.2 Å². The van der Waals surface area contributed by atoms with Crippen LogP contribution in [0.1, 0.15) is 36.0 Å². The zero-order valence-corrected chi connectivity index (χ0v) is 12.4. The highest BCUT2D eigenvalue weighted by molar-refractivity contribution is 5.94. The number of rotatable bonds is 3. The lowest BCUT2D eigenvalue weighted by atomic mass is 9.85. The highest BCUT2D eigenvalue weighted by Gasteiger charge is 2.26. The zero-order chi connectivity index (χ0) is 15.4. The second kappa shape index (κ2) is 6.56. The maximum Gasteiger partial charge on any atom is 0.251 e. The van der Waals surface area contributed by atoms with Gasteiger partial charge in [0, 0.05) is 43.9 Å². The lowest BCUT2D eigenvalue weighted by Crippen LogP contribution is -2.40. The van der Waals surface area contributed by atoms with Gasteiger partial charge in [0.2, 0.25) is 5.91 Å². The molecule has 1 aromatic rings. The summed E-state index contributed by atoms with van der Waals surface area (Å²) in [7, 11) is 3.29. The molecule has 21 heavy (non-hydrogen) atoms. The van der Waals surface area contributed by atoms with Gasteiger partial charge in [-0.05, 0) is 31.7 Å². The maximum atomic E-state index is 12.1. The van der Waals surface area contributed by atoms with Crippen molar-refractivity contribution in [1.29, 1.82) is 0 Å². The van der Waals surface area contributed by atoms with Gasteiger partial charge in [0.15, 0.2) is 0 Å². The van der Waals surface area contributed by atoms with Crippen LogP contribution in [0, 0.1) is 5.92 Å². The van der Waals surface area contributed by atoms with Crippen molar-refractivity contribution in [2.75, 3.05) is 7.05 Å². The molecule has 0 radical (unpaired) electrons. The number of amides is 2. The Morgan fingerprint density at radius 2 is 1.90 bits per heavy atom. The number of nitrogens with zero attached hydrogens (tertiary/aromatic N) is 1. The summed E-state index contributed by atoms with van der Waals surface area (Å²) in [5.41, 5.74) is 0.178. The van der Waals surface area contributed by atoms with E-state index in [9.17, 15) is 14.4 Å². The quantitative estimate of drug-likeness (QED) is 0.847. The van der Waals surface area contributed by atoms with Crippen LogP contribution in [0.4, 0.5) is 0 Å².